The fourth-order valence-electron chi connectivity index (χ4n) is 1.52. The molecule has 1 fully saturated rings. The van der Waals surface area contributed by atoms with Crippen molar-refractivity contribution in [2.45, 2.75) is 25.4 Å². The van der Waals surface area contributed by atoms with Gasteiger partial charge >= 0.3 is 11.9 Å². The summed E-state index contributed by atoms with van der Waals surface area (Å²) in [5.41, 5.74) is 0. The summed E-state index contributed by atoms with van der Waals surface area (Å²) in [5.74, 6) is -0.578. The quantitative estimate of drug-likeness (QED) is 0.465. The van der Waals surface area contributed by atoms with Gasteiger partial charge in [-0.05, 0) is 6.42 Å². The normalized spacial score (nSPS) is 26.5. The highest BCUT2D eigenvalue weighted by molar-refractivity contribution is 5.82. The van der Waals surface area contributed by atoms with Crippen LogP contribution in [0.15, 0.2) is 0 Å². The predicted molar refractivity (Wildman–Crippen MR) is 48.6 cm³/mol. The van der Waals surface area contributed by atoms with Crippen LogP contribution in [-0.2, 0) is 19.1 Å². The molecule has 0 aromatic heterocycles. The van der Waals surface area contributed by atoms with Crippen molar-refractivity contribution in [2.75, 3.05) is 20.8 Å². The predicted octanol–water partition coefficient (Wildman–Crippen LogP) is -0.205. The molecule has 1 unspecified atom stereocenters. The van der Waals surface area contributed by atoms with Crippen LogP contribution in [0.25, 0.3) is 0 Å². The van der Waals surface area contributed by atoms with Crippen molar-refractivity contribution in [3.05, 3.63) is 0 Å². The molecule has 0 bridgehead atoms. The van der Waals surface area contributed by atoms with Gasteiger partial charge in [-0.3, -0.25) is 14.5 Å². The van der Waals surface area contributed by atoms with E-state index in [9.17, 15) is 9.59 Å². The lowest BCUT2D eigenvalue weighted by atomic mass is 10.2. The summed E-state index contributed by atoms with van der Waals surface area (Å²) in [5, 5.41) is 0. The van der Waals surface area contributed by atoms with E-state index in [1.807, 2.05) is 6.92 Å². The average Bonchev–Trinajstić information content (AvgIpc) is 2.97. The van der Waals surface area contributed by atoms with Crippen LogP contribution in [0.3, 0.4) is 0 Å². The highest BCUT2D eigenvalue weighted by Crippen LogP contribution is 2.24. The Labute approximate surface area is 83.0 Å². The van der Waals surface area contributed by atoms with E-state index in [0.29, 0.717) is 13.0 Å². The smallest absolute Gasteiger partial charge is 0.324 e. The number of hydrogen-bond acceptors (Lipinski definition) is 5. The molecule has 3 atom stereocenters. The van der Waals surface area contributed by atoms with Crippen LogP contribution in [0.2, 0.25) is 0 Å². The summed E-state index contributed by atoms with van der Waals surface area (Å²) in [7, 11) is 2.69. The molecule has 5 heteroatoms. The topological polar surface area (TPSA) is 55.6 Å². The average molecular weight is 201 g/mol. The first-order valence-electron chi connectivity index (χ1n) is 4.57. The Morgan fingerprint density at radius 1 is 1.43 bits per heavy atom. The van der Waals surface area contributed by atoms with Gasteiger partial charge < -0.3 is 9.47 Å². The molecule has 0 radical (unpaired) electrons. The van der Waals surface area contributed by atoms with Crippen LogP contribution in [-0.4, -0.2) is 49.7 Å². The number of esters is 2. The van der Waals surface area contributed by atoms with Crippen molar-refractivity contribution in [2.24, 2.45) is 0 Å². The van der Waals surface area contributed by atoms with E-state index >= 15 is 0 Å². The zero-order chi connectivity index (χ0) is 10.7. The van der Waals surface area contributed by atoms with Crippen LogP contribution in [0.5, 0.6) is 0 Å². The molecule has 0 amide bonds. The highest BCUT2D eigenvalue weighted by Gasteiger charge is 2.47. The van der Waals surface area contributed by atoms with Crippen molar-refractivity contribution in [3.63, 3.8) is 0 Å². The van der Waals surface area contributed by atoms with Gasteiger partial charge in [-0.25, -0.2) is 0 Å². The largest absolute Gasteiger partial charge is 0.468 e. The number of carbonyl (C=O) groups is 2. The molecule has 1 heterocycles. The standard InChI is InChI=1S/C9H15NO4/c1-4-6(8(11)13-2)10-5-7(10)9(12)14-3/h6-7H,4-5H2,1-3H3/t6-,7+,10?/m0/s1. The van der Waals surface area contributed by atoms with Crippen molar-refractivity contribution in [1.29, 1.82) is 0 Å². The number of carbonyl (C=O) groups excluding carboxylic acids is 2. The maximum atomic E-state index is 11.3. The highest BCUT2D eigenvalue weighted by atomic mass is 16.5. The minimum atomic E-state index is -0.316. The van der Waals surface area contributed by atoms with Crippen molar-refractivity contribution >= 4 is 11.9 Å². The molecule has 0 aromatic carbocycles. The maximum Gasteiger partial charge on any atom is 0.324 e. The summed E-state index contributed by atoms with van der Waals surface area (Å²) in [6, 6.07) is -0.576. The Morgan fingerprint density at radius 2 is 2.07 bits per heavy atom. The van der Waals surface area contributed by atoms with E-state index in [1.54, 1.807) is 4.90 Å². The summed E-state index contributed by atoms with van der Waals surface area (Å²) in [4.78, 5) is 24.1. The summed E-state index contributed by atoms with van der Waals surface area (Å²) in [6.45, 7) is 2.47. The molecule has 1 aliphatic rings. The lowest BCUT2D eigenvalue weighted by Crippen LogP contribution is -2.32. The molecule has 80 valence electrons. The zero-order valence-electron chi connectivity index (χ0n) is 8.65. The first kappa shape index (κ1) is 11.0. The van der Waals surface area contributed by atoms with Crippen LogP contribution < -0.4 is 0 Å². The van der Waals surface area contributed by atoms with Gasteiger partial charge in [-0.1, -0.05) is 6.92 Å². The van der Waals surface area contributed by atoms with Crippen molar-refractivity contribution in [1.82, 2.24) is 4.90 Å². The monoisotopic (exact) mass is 201 g/mol. The second-order valence-electron chi connectivity index (χ2n) is 3.18. The summed E-state index contributed by atoms with van der Waals surface area (Å²) < 4.78 is 9.21. The number of ether oxygens (including phenoxy) is 2. The third-order valence-corrected chi connectivity index (χ3v) is 2.38. The van der Waals surface area contributed by atoms with E-state index in [-0.39, 0.29) is 24.0 Å². The minimum Gasteiger partial charge on any atom is -0.468 e. The SMILES string of the molecule is CC[C@@H](C(=O)OC)N1C[C@@H]1C(=O)OC. The van der Waals surface area contributed by atoms with E-state index < -0.39 is 0 Å². The number of hydrogen-bond donors (Lipinski definition) is 0. The Kier molecular flexibility index (Phi) is 3.46. The van der Waals surface area contributed by atoms with Gasteiger partial charge in [0.05, 0.1) is 14.2 Å². The molecule has 0 saturated carbocycles. The van der Waals surface area contributed by atoms with Crippen LogP contribution in [0.4, 0.5) is 0 Å². The van der Waals surface area contributed by atoms with Crippen LogP contribution in [0, 0.1) is 0 Å². The number of methoxy groups -OCH3 is 2. The molecular formula is C9H15NO4. The van der Waals surface area contributed by atoms with Crippen molar-refractivity contribution < 1.29 is 19.1 Å². The molecule has 14 heavy (non-hydrogen) atoms. The van der Waals surface area contributed by atoms with E-state index in [2.05, 4.69) is 9.47 Å². The molecule has 0 aliphatic carbocycles. The summed E-state index contributed by atoms with van der Waals surface area (Å²) in [6.07, 6.45) is 0.639. The van der Waals surface area contributed by atoms with Crippen LogP contribution >= 0.6 is 0 Å². The first-order valence-corrected chi connectivity index (χ1v) is 4.57. The Hall–Kier alpha value is -1.10. The van der Waals surface area contributed by atoms with Crippen LogP contribution in [0.1, 0.15) is 13.3 Å². The maximum absolute atomic E-state index is 11.3. The molecule has 1 saturated heterocycles. The zero-order valence-corrected chi connectivity index (χ0v) is 8.65. The molecule has 0 N–H and O–H groups in total. The van der Waals surface area contributed by atoms with E-state index in [4.69, 9.17) is 0 Å². The van der Waals surface area contributed by atoms with E-state index in [1.165, 1.54) is 14.2 Å². The Balaban J connectivity index is 2.50. The van der Waals surface area contributed by atoms with Gasteiger partial charge in [-0.15, -0.1) is 0 Å². The van der Waals surface area contributed by atoms with Gasteiger partial charge in [0.15, 0.2) is 0 Å². The Morgan fingerprint density at radius 3 is 2.50 bits per heavy atom. The fraction of sp³-hybridized carbons (Fsp3) is 0.778. The third kappa shape index (κ3) is 2.04. The fourth-order valence-corrected chi connectivity index (χ4v) is 1.52. The second kappa shape index (κ2) is 4.41. The molecule has 5 nitrogen and oxygen atoms in total. The van der Waals surface area contributed by atoms with Crippen molar-refractivity contribution in [3.8, 4) is 0 Å². The third-order valence-electron chi connectivity index (χ3n) is 2.38. The van der Waals surface area contributed by atoms with Gasteiger partial charge in [-0.2, -0.15) is 0 Å². The second-order valence-corrected chi connectivity index (χ2v) is 3.18. The number of rotatable bonds is 4. The van der Waals surface area contributed by atoms with Gasteiger partial charge in [0.2, 0.25) is 0 Å². The Bertz CT molecular complexity index is 241. The lowest BCUT2D eigenvalue weighted by Gasteiger charge is -2.13. The molecular weight excluding hydrogens is 186 g/mol. The molecule has 0 spiro atoms. The molecule has 0 aromatic rings. The van der Waals surface area contributed by atoms with Gasteiger partial charge in [0.1, 0.15) is 12.1 Å². The first-order chi connectivity index (χ1) is 6.65. The molecule has 1 aliphatic heterocycles. The van der Waals surface area contributed by atoms with Gasteiger partial charge in [0, 0.05) is 6.54 Å². The molecule has 1 rings (SSSR count). The minimum absolute atomic E-state index is 0.260. The van der Waals surface area contributed by atoms with E-state index in [0.717, 1.165) is 0 Å². The summed E-state index contributed by atoms with van der Waals surface area (Å²) >= 11 is 0. The van der Waals surface area contributed by atoms with Gasteiger partial charge in [0.25, 0.3) is 0 Å². The number of nitrogens with zero attached hydrogens (tertiary/aromatic N) is 1. The lowest BCUT2D eigenvalue weighted by molar-refractivity contribution is -0.146.